The molecule has 1 unspecified atom stereocenters. The van der Waals surface area contributed by atoms with Crippen molar-refractivity contribution >= 4 is 11.6 Å². The molecule has 0 bridgehead atoms. The maximum Gasteiger partial charge on any atom is 0.231 e. The molecule has 2 heterocycles. The van der Waals surface area contributed by atoms with Crippen molar-refractivity contribution in [2.24, 2.45) is 11.3 Å². The molecule has 2 aliphatic heterocycles. The molecule has 0 N–H and O–H groups in total. The summed E-state index contributed by atoms with van der Waals surface area (Å²) in [6.45, 7) is 8.29. The largest absolute Gasteiger partial charge is 0.454 e. The Morgan fingerprint density at radius 1 is 1.00 bits per heavy atom. The van der Waals surface area contributed by atoms with Crippen molar-refractivity contribution in [3.63, 3.8) is 0 Å². The Morgan fingerprint density at radius 3 is 2.30 bits per heavy atom. The number of fused-ring (bicyclic) bond motifs is 1. The van der Waals surface area contributed by atoms with E-state index in [1.54, 1.807) is 0 Å². The van der Waals surface area contributed by atoms with E-state index in [9.17, 15) is 9.59 Å². The van der Waals surface area contributed by atoms with Crippen molar-refractivity contribution in [2.75, 3.05) is 19.9 Å². The highest BCUT2D eigenvalue weighted by molar-refractivity contribution is 6.22. The van der Waals surface area contributed by atoms with Gasteiger partial charge in [0.1, 0.15) is 0 Å². The number of carbonyl (C=O) groups is 2. The van der Waals surface area contributed by atoms with E-state index in [1.165, 1.54) is 12.8 Å². The third kappa shape index (κ3) is 4.40. The minimum Gasteiger partial charge on any atom is -0.454 e. The van der Waals surface area contributed by atoms with Gasteiger partial charge < -0.3 is 14.4 Å². The second kappa shape index (κ2) is 8.44. The average molecular weight is 412 g/mol. The van der Waals surface area contributed by atoms with Crippen LogP contribution in [0.15, 0.2) is 29.5 Å². The van der Waals surface area contributed by atoms with Crippen LogP contribution in [-0.4, -0.2) is 36.3 Å². The van der Waals surface area contributed by atoms with E-state index in [0.29, 0.717) is 18.4 Å². The zero-order valence-corrected chi connectivity index (χ0v) is 18.5. The summed E-state index contributed by atoms with van der Waals surface area (Å²) in [7, 11) is 0. The summed E-state index contributed by atoms with van der Waals surface area (Å²) in [6.07, 6.45) is 6.30. The number of allylic oxidation sites excluding steroid dienone is 2. The van der Waals surface area contributed by atoms with Gasteiger partial charge in [-0.1, -0.05) is 39.7 Å². The van der Waals surface area contributed by atoms with E-state index in [2.05, 4.69) is 17.9 Å². The SMILES string of the molecule is CC(Cc1ccc2c(c1)OCO2)C(=C1C(=O)CC(C)(C)CC1=O)N1CCCCCC1. The van der Waals surface area contributed by atoms with Crippen molar-refractivity contribution in [2.45, 2.75) is 65.7 Å². The molecule has 1 aromatic rings. The number of ketones is 2. The van der Waals surface area contributed by atoms with Crippen LogP contribution in [0.1, 0.15) is 64.9 Å². The van der Waals surface area contributed by atoms with E-state index in [4.69, 9.17) is 9.47 Å². The molecule has 1 atom stereocenters. The summed E-state index contributed by atoms with van der Waals surface area (Å²) >= 11 is 0. The van der Waals surface area contributed by atoms with Gasteiger partial charge in [-0.15, -0.1) is 0 Å². The quantitative estimate of drug-likeness (QED) is 0.532. The van der Waals surface area contributed by atoms with Gasteiger partial charge in [-0.05, 0) is 42.4 Å². The smallest absolute Gasteiger partial charge is 0.231 e. The van der Waals surface area contributed by atoms with E-state index < -0.39 is 0 Å². The Morgan fingerprint density at radius 2 is 1.63 bits per heavy atom. The lowest BCUT2D eigenvalue weighted by atomic mass is 9.72. The molecule has 0 radical (unpaired) electrons. The van der Waals surface area contributed by atoms with Crippen molar-refractivity contribution in [3.8, 4) is 11.5 Å². The van der Waals surface area contributed by atoms with Crippen LogP contribution in [-0.2, 0) is 16.0 Å². The van der Waals surface area contributed by atoms with Gasteiger partial charge in [0.05, 0.1) is 5.57 Å². The Kier molecular flexibility index (Phi) is 5.90. The fraction of sp³-hybridized carbons (Fsp3) is 0.600. The van der Waals surface area contributed by atoms with Gasteiger partial charge in [0, 0.05) is 37.5 Å². The summed E-state index contributed by atoms with van der Waals surface area (Å²) in [6, 6.07) is 6.03. The molecular formula is C25H33NO4. The van der Waals surface area contributed by atoms with Gasteiger partial charge >= 0.3 is 0 Å². The lowest BCUT2D eigenvalue weighted by Gasteiger charge is -2.36. The zero-order valence-electron chi connectivity index (χ0n) is 18.5. The summed E-state index contributed by atoms with van der Waals surface area (Å²) in [5, 5.41) is 0. The van der Waals surface area contributed by atoms with Crippen molar-refractivity contribution in [1.82, 2.24) is 4.90 Å². The van der Waals surface area contributed by atoms with Crippen LogP contribution in [0.25, 0.3) is 0 Å². The van der Waals surface area contributed by atoms with Crippen LogP contribution < -0.4 is 9.47 Å². The van der Waals surface area contributed by atoms with Gasteiger partial charge in [0.25, 0.3) is 0 Å². The Labute approximate surface area is 179 Å². The van der Waals surface area contributed by atoms with E-state index in [1.807, 2.05) is 26.0 Å². The van der Waals surface area contributed by atoms with E-state index in [0.717, 1.165) is 55.1 Å². The minimum absolute atomic E-state index is 0.0213. The third-order valence-electron chi connectivity index (χ3n) is 6.48. The second-order valence-corrected chi connectivity index (χ2v) is 9.82. The number of rotatable bonds is 4. The molecule has 0 amide bonds. The number of ether oxygens (including phenoxy) is 2. The van der Waals surface area contributed by atoms with Crippen molar-refractivity contribution < 1.29 is 19.1 Å². The van der Waals surface area contributed by atoms with E-state index >= 15 is 0 Å². The number of hydrogen-bond donors (Lipinski definition) is 0. The minimum atomic E-state index is -0.248. The molecule has 5 heteroatoms. The molecular weight excluding hydrogens is 378 g/mol. The number of hydrogen-bond acceptors (Lipinski definition) is 5. The average Bonchev–Trinajstić information content (AvgIpc) is 2.96. The predicted octanol–water partition coefficient (Wildman–Crippen LogP) is 4.68. The molecule has 0 aromatic heterocycles. The molecule has 1 saturated heterocycles. The summed E-state index contributed by atoms with van der Waals surface area (Å²) in [5.74, 6) is 1.67. The lowest BCUT2D eigenvalue weighted by molar-refractivity contribution is -0.127. The monoisotopic (exact) mass is 411 g/mol. The van der Waals surface area contributed by atoms with Crippen molar-refractivity contribution in [1.29, 1.82) is 0 Å². The molecule has 1 aromatic carbocycles. The summed E-state index contributed by atoms with van der Waals surface area (Å²) in [4.78, 5) is 28.7. The van der Waals surface area contributed by atoms with Crippen LogP contribution in [0.2, 0.25) is 0 Å². The molecule has 0 spiro atoms. The first-order valence-electron chi connectivity index (χ1n) is 11.3. The van der Waals surface area contributed by atoms with Crippen LogP contribution in [0, 0.1) is 11.3 Å². The normalized spacial score (nSPS) is 22.1. The van der Waals surface area contributed by atoms with Gasteiger partial charge in [-0.3, -0.25) is 9.59 Å². The summed E-state index contributed by atoms with van der Waals surface area (Å²) < 4.78 is 11.0. The highest BCUT2D eigenvalue weighted by Crippen LogP contribution is 2.39. The van der Waals surface area contributed by atoms with Crippen molar-refractivity contribution in [3.05, 3.63) is 35.0 Å². The van der Waals surface area contributed by atoms with Crippen LogP contribution >= 0.6 is 0 Å². The lowest BCUT2D eigenvalue weighted by Crippen LogP contribution is -2.38. The number of carbonyl (C=O) groups excluding carboxylic acids is 2. The van der Waals surface area contributed by atoms with Crippen LogP contribution in [0.5, 0.6) is 11.5 Å². The fourth-order valence-corrected chi connectivity index (χ4v) is 5.10. The Balaban J connectivity index is 1.68. The second-order valence-electron chi connectivity index (χ2n) is 9.82. The standard InChI is InChI=1S/C25H33NO4/c1-17(12-18-8-9-21-22(13-18)30-16-29-21)24(26-10-6-4-5-7-11-26)23-19(27)14-25(2,3)15-20(23)28/h8-9,13,17H,4-7,10-12,14-16H2,1-3H3. The molecule has 162 valence electrons. The first kappa shape index (κ1) is 21.0. The maximum atomic E-state index is 13.2. The molecule has 2 fully saturated rings. The molecule has 4 rings (SSSR count). The zero-order chi connectivity index (χ0) is 21.3. The predicted molar refractivity (Wildman–Crippen MR) is 116 cm³/mol. The molecule has 1 saturated carbocycles. The van der Waals surface area contributed by atoms with Gasteiger partial charge in [-0.25, -0.2) is 0 Å². The first-order chi connectivity index (χ1) is 14.3. The molecule has 30 heavy (non-hydrogen) atoms. The third-order valence-corrected chi connectivity index (χ3v) is 6.48. The first-order valence-corrected chi connectivity index (χ1v) is 11.3. The highest BCUT2D eigenvalue weighted by atomic mass is 16.7. The van der Waals surface area contributed by atoms with E-state index in [-0.39, 0.29) is 29.7 Å². The van der Waals surface area contributed by atoms with Crippen LogP contribution in [0.3, 0.4) is 0 Å². The highest BCUT2D eigenvalue weighted by Gasteiger charge is 2.39. The Bertz CT molecular complexity index is 840. The van der Waals surface area contributed by atoms with Gasteiger partial charge in [0.15, 0.2) is 23.1 Å². The molecule has 5 nitrogen and oxygen atoms in total. The molecule has 3 aliphatic rings. The topological polar surface area (TPSA) is 55.8 Å². The number of Topliss-reactive ketones (excluding diaryl/α,β-unsaturated/α-hetero) is 2. The summed E-state index contributed by atoms with van der Waals surface area (Å²) in [5.41, 5.74) is 2.34. The van der Waals surface area contributed by atoms with Gasteiger partial charge in [0.2, 0.25) is 6.79 Å². The van der Waals surface area contributed by atoms with Gasteiger partial charge in [-0.2, -0.15) is 0 Å². The number of nitrogens with zero attached hydrogens (tertiary/aromatic N) is 1. The maximum absolute atomic E-state index is 13.2. The number of likely N-dealkylation sites (tertiary alicyclic amines) is 1. The number of benzene rings is 1. The molecule has 1 aliphatic carbocycles. The fourth-order valence-electron chi connectivity index (χ4n) is 5.10. The Hall–Kier alpha value is -2.30. The van der Waals surface area contributed by atoms with Crippen LogP contribution in [0.4, 0.5) is 0 Å².